The molecule has 2 rings (SSSR count). The number of hydrogen-bond acceptors (Lipinski definition) is 8. The number of nitrogens with two attached hydrogens (primary N) is 1. The lowest BCUT2D eigenvalue weighted by Crippen LogP contribution is -2.56. The minimum absolute atomic E-state index is 0.170. The number of aliphatic hydroxyl groups excluding tert-OH is 2. The summed E-state index contributed by atoms with van der Waals surface area (Å²) in [4.78, 5) is 35.4. The number of amidine groups is 1. The fourth-order valence-corrected chi connectivity index (χ4v) is 2.56. The van der Waals surface area contributed by atoms with Crippen molar-refractivity contribution in [3.05, 3.63) is 22.7 Å². The fraction of sp³-hybridized carbons (Fsp3) is 0.556. The molecule has 0 aromatic rings. The van der Waals surface area contributed by atoms with Gasteiger partial charge in [0, 0.05) is 11.6 Å². The molecule has 2 amide bonds. The number of phosphoric acid groups is 1. The molecule has 2 aliphatic rings. The van der Waals surface area contributed by atoms with Crippen LogP contribution in [0.3, 0.4) is 0 Å². The molecular formula is C9H14N6O8P+. The van der Waals surface area contributed by atoms with Crippen molar-refractivity contribution in [1.82, 2.24) is 0 Å². The summed E-state index contributed by atoms with van der Waals surface area (Å²) in [7, 11) is -4.85. The number of phosphoric ester groups is 1. The summed E-state index contributed by atoms with van der Waals surface area (Å²) in [5, 5.41) is 23.3. The van der Waals surface area contributed by atoms with Crippen molar-refractivity contribution >= 4 is 19.7 Å². The Kier molecular flexibility index (Phi) is 5.05. The van der Waals surface area contributed by atoms with E-state index in [0.717, 1.165) is 12.3 Å². The Morgan fingerprint density at radius 3 is 2.71 bits per heavy atom. The highest BCUT2D eigenvalue weighted by atomic mass is 31.2. The number of carbonyl (C=O) groups is 1. The van der Waals surface area contributed by atoms with Crippen molar-refractivity contribution in [2.24, 2.45) is 15.9 Å². The number of aliphatic imine (C=N–C) groups is 1. The number of hydrogen-bond donors (Lipinski definition) is 5. The van der Waals surface area contributed by atoms with Gasteiger partial charge in [-0.05, 0) is 0 Å². The molecule has 6 N–H and O–H groups in total. The Morgan fingerprint density at radius 1 is 1.50 bits per heavy atom. The van der Waals surface area contributed by atoms with E-state index < -0.39 is 49.6 Å². The second kappa shape index (κ2) is 6.57. The van der Waals surface area contributed by atoms with Crippen LogP contribution in [-0.2, 0) is 13.8 Å². The number of urea groups is 1. The van der Waals surface area contributed by atoms with E-state index >= 15 is 0 Å². The minimum atomic E-state index is -4.85. The number of rotatable bonds is 5. The SMILES string of the molecule is [N-]=[N+]=N[N+]1([C@@H]2O[C@H](COP(=O)(O)O)[C@@H](O)[C@H]2O)C=CC(N)=NC1=O. The molecule has 15 heteroatoms. The van der Waals surface area contributed by atoms with Crippen LogP contribution in [0.5, 0.6) is 0 Å². The van der Waals surface area contributed by atoms with Crippen molar-refractivity contribution in [2.45, 2.75) is 24.5 Å². The quantitative estimate of drug-likeness (QED) is 0.127. The molecule has 2 heterocycles. The average Bonchev–Trinajstić information content (AvgIpc) is 2.76. The first-order chi connectivity index (χ1) is 11.1. The molecule has 0 bridgehead atoms. The standard InChI is InChI=1S/C9H13N6O8P/c10-5-1-2-15(14-13-11,9(18)12-5)8-7(17)6(16)4(23-8)3-22-24(19,20)21/h1-2,4,6-8,16-17H,3H2,(H3-,10,12,18,19,20,21)/p+1/t4-,6-,7-,8-,15?/m1/s1. The van der Waals surface area contributed by atoms with Crippen LogP contribution in [-0.4, -0.2) is 67.6 Å². The summed E-state index contributed by atoms with van der Waals surface area (Å²) in [6, 6.07) is -1.08. The third-order valence-corrected chi connectivity index (χ3v) is 3.81. The van der Waals surface area contributed by atoms with Gasteiger partial charge in [0.2, 0.25) is 6.23 Å². The Morgan fingerprint density at radius 2 is 2.17 bits per heavy atom. The number of amides is 2. The third kappa shape index (κ3) is 3.47. The predicted molar refractivity (Wildman–Crippen MR) is 74.2 cm³/mol. The molecule has 0 radical (unpaired) electrons. The number of azide groups is 1. The maximum atomic E-state index is 12.1. The summed E-state index contributed by atoms with van der Waals surface area (Å²) in [5.41, 5.74) is 14.1. The average molecular weight is 365 g/mol. The van der Waals surface area contributed by atoms with Crippen molar-refractivity contribution in [2.75, 3.05) is 6.61 Å². The molecule has 0 aliphatic carbocycles. The van der Waals surface area contributed by atoms with Crippen LogP contribution in [0, 0.1) is 0 Å². The zero-order valence-electron chi connectivity index (χ0n) is 11.9. The van der Waals surface area contributed by atoms with E-state index in [2.05, 4.69) is 19.7 Å². The van der Waals surface area contributed by atoms with Crippen LogP contribution < -0.4 is 5.73 Å². The van der Waals surface area contributed by atoms with Gasteiger partial charge in [-0.25, -0.2) is 9.36 Å². The summed E-state index contributed by atoms with van der Waals surface area (Å²) in [5.74, 6) is -0.170. The van der Waals surface area contributed by atoms with E-state index in [4.69, 9.17) is 25.8 Å². The molecule has 132 valence electrons. The van der Waals surface area contributed by atoms with E-state index in [0.29, 0.717) is 0 Å². The number of carbonyl (C=O) groups excluding carboxylic acids is 1. The number of ether oxygens (including phenoxy) is 1. The highest BCUT2D eigenvalue weighted by Gasteiger charge is 2.59. The summed E-state index contributed by atoms with van der Waals surface area (Å²) < 4.78 is 18.9. The van der Waals surface area contributed by atoms with Crippen LogP contribution >= 0.6 is 7.82 Å². The Bertz CT molecular complexity index is 686. The number of quaternary nitrogens is 1. The van der Waals surface area contributed by atoms with Gasteiger partial charge in [0.05, 0.1) is 11.5 Å². The minimum Gasteiger partial charge on any atom is -0.387 e. The van der Waals surface area contributed by atoms with Gasteiger partial charge in [-0.1, -0.05) is 4.59 Å². The Balaban J connectivity index is 2.29. The first-order valence-corrected chi connectivity index (χ1v) is 7.88. The lowest BCUT2D eigenvalue weighted by molar-refractivity contribution is -0.862. The molecule has 0 spiro atoms. The molecule has 0 aromatic heterocycles. The lowest BCUT2D eigenvalue weighted by Gasteiger charge is -2.30. The van der Waals surface area contributed by atoms with E-state index in [1.165, 1.54) is 0 Å². The van der Waals surface area contributed by atoms with Gasteiger partial charge >= 0.3 is 13.9 Å². The van der Waals surface area contributed by atoms with Gasteiger partial charge in [0.1, 0.15) is 29.5 Å². The Labute approximate surface area is 133 Å². The maximum absolute atomic E-state index is 12.1. The topological polar surface area (TPSA) is 221 Å². The van der Waals surface area contributed by atoms with Crippen LogP contribution in [0.4, 0.5) is 4.79 Å². The lowest BCUT2D eigenvalue weighted by atomic mass is 10.1. The molecule has 0 aromatic carbocycles. The molecule has 5 atom stereocenters. The van der Waals surface area contributed by atoms with E-state index in [9.17, 15) is 19.6 Å². The van der Waals surface area contributed by atoms with Gasteiger partial charge in [-0.2, -0.15) is 0 Å². The van der Waals surface area contributed by atoms with Gasteiger partial charge in [-0.15, -0.1) is 4.99 Å². The van der Waals surface area contributed by atoms with Crippen molar-refractivity contribution < 1.29 is 43.2 Å². The zero-order valence-corrected chi connectivity index (χ0v) is 12.7. The fourth-order valence-electron chi connectivity index (χ4n) is 2.22. The van der Waals surface area contributed by atoms with Crippen molar-refractivity contribution in [3.63, 3.8) is 0 Å². The summed E-state index contributed by atoms with van der Waals surface area (Å²) in [6.45, 7) is -0.779. The predicted octanol–water partition coefficient (Wildman–Crippen LogP) is -1.41. The van der Waals surface area contributed by atoms with Gasteiger partial charge < -0.3 is 30.5 Å². The van der Waals surface area contributed by atoms with Crippen molar-refractivity contribution in [3.8, 4) is 0 Å². The summed E-state index contributed by atoms with van der Waals surface area (Å²) in [6.07, 6.45) is -4.29. The Hall–Kier alpha value is -1.86. The molecule has 14 nitrogen and oxygen atoms in total. The van der Waals surface area contributed by atoms with Crippen LogP contribution in [0.15, 0.2) is 22.5 Å². The van der Waals surface area contributed by atoms with Crippen LogP contribution in [0.1, 0.15) is 0 Å². The first-order valence-electron chi connectivity index (χ1n) is 6.35. The highest BCUT2D eigenvalue weighted by Crippen LogP contribution is 2.39. The molecule has 1 fully saturated rings. The second-order valence-electron chi connectivity index (χ2n) is 4.88. The highest BCUT2D eigenvalue weighted by molar-refractivity contribution is 7.46. The molecule has 0 saturated carbocycles. The maximum Gasteiger partial charge on any atom is 0.469 e. The van der Waals surface area contributed by atoms with Crippen LogP contribution in [0.25, 0.3) is 10.4 Å². The zero-order chi connectivity index (χ0) is 18.1. The van der Waals surface area contributed by atoms with Gasteiger partial charge in [0.25, 0.3) is 0 Å². The molecular weight excluding hydrogens is 351 g/mol. The smallest absolute Gasteiger partial charge is 0.387 e. The third-order valence-electron chi connectivity index (χ3n) is 3.32. The van der Waals surface area contributed by atoms with Gasteiger partial charge in [-0.3, -0.25) is 4.52 Å². The normalized spacial score (nSPS) is 36.3. The second-order valence-corrected chi connectivity index (χ2v) is 6.12. The molecule has 24 heavy (non-hydrogen) atoms. The number of nitrogens with zero attached hydrogens (tertiary/aromatic N) is 5. The molecule has 2 aliphatic heterocycles. The van der Waals surface area contributed by atoms with Gasteiger partial charge in [0.15, 0.2) is 6.10 Å². The first kappa shape index (κ1) is 18.5. The van der Waals surface area contributed by atoms with Crippen molar-refractivity contribution in [1.29, 1.82) is 0 Å². The van der Waals surface area contributed by atoms with E-state index in [1.54, 1.807) is 0 Å². The summed E-state index contributed by atoms with van der Waals surface area (Å²) >= 11 is 0. The van der Waals surface area contributed by atoms with E-state index in [-0.39, 0.29) is 5.84 Å². The number of aliphatic hydroxyl groups is 2. The van der Waals surface area contributed by atoms with Crippen LogP contribution in [0.2, 0.25) is 0 Å². The molecule has 1 unspecified atom stereocenters. The van der Waals surface area contributed by atoms with E-state index in [1.807, 2.05) is 0 Å². The molecule has 1 saturated heterocycles. The largest absolute Gasteiger partial charge is 0.469 e. The monoisotopic (exact) mass is 365 g/mol.